The van der Waals surface area contributed by atoms with Crippen LogP contribution in [-0.4, -0.2) is 49.9 Å². The maximum absolute atomic E-state index is 14.5. The van der Waals surface area contributed by atoms with Crippen molar-refractivity contribution in [1.82, 2.24) is 19.9 Å². The van der Waals surface area contributed by atoms with Crippen LogP contribution in [0.5, 0.6) is 5.75 Å². The molecule has 9 nitrogen and oxygen atoms in total. The maximum Gasteiger partial charge on any atom is 0.507 e. The largest absolute Gasteiger partial charge is 0.507 e. The summed E-state index contributed by atoms with van der Waals surface area (Å²) in [7, 11) is 1.58. The van der Waals surface area contributed by atoms with E-state index in [9.17, 15) is 14.7 Å². The average molecular weight is 539 g/mol. The van der Waals surface area contributed by atoms with Gasteiger partial charge in [-0.05, 0) is 29.0 Å². The summed E-state index contributed by atoms with van der Waals surface area (Å²) < 4.78 is 11.4. The third-order valence-corrected chi connectivity index (χ3v) is 7.67. The molecule has 3 atom stereocenters. The zero-order chi connectivity index (χ0) is 27.7. The van der Waals surface area contributed by atoms with Crippen LogP contribution in [0.3, 0.4) is 0 Å². The van der Waals surface area contributed by atoms with Crippen molar-refractivity contribution in [2.75, 3.05) is 7.11 Å². The van der Waals surface area contributed by atoms with Gasteiger partial charge in [0.05, 0.1) is 24.4 Å². The lowest BCUT2D eigenvalue weighted by atomic mass is 9.85. The van der Waals surface area contributed by atoms with Crippen LogP contribution in [0.1, 0.15) is 85.9 Å². The Bertz CT molecular complexity index is 1280. The van der Waals surface area contributed by atoms with Crippen LogP contribution in [0, 0.1) is 5.92 Å². The molecule has 202 valence electrons. The van der Waals surface area contributed by atoms with Crippen LogP contribution < -0.4 is 4.74 Å². The van der Waals surface area contributed by atoms with Crippen LogP contribution in [0.25, 0.3) is 0 Å². The molecule has 38 heavy (non-hydrogen) atoms. The number of hydrogen-bond acceptors (Lipinski definition) is 8. The molecule has 1 aliphatic rings. The number of thiazole rings is 1. The van der Waals surface area contributed by atoms with E-state index in [0.717, 1.165) is 10.4 Å². The van der Waals surface area contributed by atoms with Crippen LogP contribution >= 0.6 is 11.3 Å². The second-order valence-corrected chi connectivity index (χ2v) is 12.0. The molecular weight excluding hydrogens is 504 g/mol. The predicted molar refractivity (Wildman–Crippen MR) is 143 cm³/mol. The van der Waals surface area contributed by atoms with Crippen molar-refractivity contribution in [3.8, 4) is 5.75 Å². The molecule has 1 aromatic carbocycles. The van der Waals surface area contributed by atoms with Gasteiger partial charge < -0.3 is 14.6 Å². The van der Waals surface area contributed by atoms with E-state index in [1.165, 1.54) is 11.3 Å². The number of carbonyl (C=O) groups is 2. The fourth-order valence-electron chi connectivity index (χ4n) is 5.46. The number of carbonyl (C=O) groups excluding carboxylic acids is 1. The molecule has 0 bridgehead atoms. The minimum absolute atomic E-state index is 0.0326. The van der Waals surface area contributed by atoms with E-state index < -0.39 is 17.9 Å². The lowest BCUT2D eigenvalue weighted by molar-refractivity contribution is -0.108. The van der Waals surface area contributed by atoms with Gasteiger partial charge in [-0.15, -0.1) is 11.3 Å². The summed E-state index contributed by atoms with van der Waals surface area (Å²) in [6, 6.07) is 4.83. The molecule has 3 heterocycles. The highest BCUT2D eigenvalue weighted by Crippen LogP contribution is 2.55. The monoisotopic (exact) mass is 538 g/mol. The number of likely N-dealkylation sites (tertiary alicyclic amines) is 1. The third kappa shape index (κ3) is 5.36. The summed E-state index contributed by atoms with van der Waals surface area (Å²) in [5.41, 5.74) is 2.08. The molecule has 0 spiro atoms. The molecule has 0 saturated carbocycles. The van der Waals surface area contributed by atoms with Gasteiger partial charge in [0.1, 0.15) is 5.75 Å². The Labute approximate surface area is 226 Å². The van der Waals surface area contributed by atoms with Crippen molar-refractivity contribution in [2.24, 2.45) is 5.92 Å². The molecule has 3 aromatic rings. The predicted octanol–water partition coefficient (Wildman–Crippen LogP) is 6.05. The molecule has 10 heteroatoms. The minimum atomic E-state index is -1.44. The van der Waals surface area contributed by atoms with Gasteiger partial charge in [-0.2, -0.15) is 0 Å². The number of benzene rings is 1. The maximum atomic E-state index is 14.5. The molecular formula is C28H34N4O5S. The molecule has 0 radical (unpaired) electrons. The number of aromatic nitrogens is 3. The van der Waals surface area contributed by atoms with Crippen molar-refractivity contribution in [3.63, 3.8) is 0 Å². The highest BCUT2D eigenvalue weighted by atomic mass is 32.1. The summed E-state index contributed by atoms with van der Waals surface area (Å²) in [5.74, 6) is -0.0847. The zero-order valence-electron chi connectivity index (χ0n) is 22.5. The highest BCUT2D eigenvalue weighted by molar-refractivity contribution is 7.09. The van der Waals surface area contributed by atoms with Gasteiger partial charge in [-0.3, -0.25) is 24.6 Å². The number of hydrogen-bond donors (Lipinski definition) is 1. The molecule has 1 aliphatic heterocycles. The number of rotatable bonds is 7. The van der Waals surface area contributed by atoms with Gasteiger partial charge in [0.2, 0.25) is 0 Å². The van der Waals surface area contributed by atoms with Crippen LogP contribution in [-0.2, 0) is 10.2 Å². The number of carboxylic acid groups (broad SMARTS) is 1. The summed E-state index contributed by atoms with van der Waals surface area (Å²) in [6.07, 6.45) is 5.68. The van der Waals surface area contributed by atoms with Crippen LogP contribution in [0.2, 0.25) is 0 Å². The van der Waals surface area contributed by atoms with Gasteiger partial charge in [-0.25, -0.2) is 4.79 Å². The second kappa shape index (κ2) is 10.7. The Balaban J connectivity index is 1.93. The van der Waals surface area contributed by atoms with E-state index in [0.29, 0.717) is 23.4 Å². The van der Waals surface area contributed by atoms with Crippen LogP contribution in [0.15, 0.2) is 48.5 Å². The molecule has 0 aliphatic carbocycles. The van der Waals surface area contributed by atoms with Gasteiger partial charge in [0, 0.05) is 54.0 Å². The van der Waals surface area contributed by atoms with Gasteiger partial charge in [-0.1, -0.05) is 40.7 Å². The van der Waals surface area contributed by atoms with Crippen molar-refractivity contribution >= 4 is 23.4 Å². The summed E-state index contributed by atoms with van der Waals surface area (Å²) >= 11 is 1.41. The fraction of sp³-hybridized carbons (Fsp3) is 0.464. The zero-order valence-corrected chi connectivity index (χ0v) is 23.4. The normalized spacial score (nSPS) is 21.5. The Kier molecular flexibility index (Phi) is 7.73. The molecule has 4 rings (SSSR count). The van der Waals surface area contributed by atoms with Gasteiger partial charge in [0.15, 0.2) is 5.72 Å². The lowest BCUT2D eigenvalue weighted by Crippen LogP contribution is -2.51. The van der Waals surface area contributed by atoms with Crippen molar-refractivity contribution in [1.29, 1.82) is 0 Å². The van der Waals surface area contributed by atoms with E-state index >= 15 is 0 Å². The molecule has 1 saturated heterocycles. The second-order valence-electron chi connectivity index (χ2n) is 11.0. The van der Waals surface area contributed by atoms with E-state index in [4.69, 9.17) is 9.47 Å². The Morgan fingerprint density at radius 2 is 1.97 bits per heavy atom. The van der Waals surface area contributed by atoms with E-state index in [1.807, 2.05) is 19.9 Å². The Morgan fingerprint density at radius 3 is 2.53 bits per heavy atom. The molecule has 1 amide bonds. The van der Waals surface area contributed by atoms with E-state index in [-0.39, 0.29) is 29.6 Å². The Hall–Kier alpha value is -3.53. The molecule has 1 N–H and O–H groups in total. The highest BCUT2D eigenvalue weighted by Gasteiger charge is 2.58. The summed E-state index contributed by atoms with van der Waals surface area (Å²) in [4.78, 5) is 42.1. The average Bonchev–Trinajstić information content (AvgIpc) is 3.48. The first kappa shape index (κ1) is 27.5. The lowest BCUT2D eigenvalue weighted by Gasteiger charge is -2.40. The molecule has 1 fully saturated rings. The standard InChI is InChI=1S/C28H34N4O5S/c1-17(2)12-28(37-26(34)35)13-19(21-14-29-9-10-31-21)24(23-15-30-16-38-23)32(28)25(33)18-7-8-20(27(3,4)5)22(11-18)36-6/h7-11,14-17,19,24H,12-13H2,1-6H3,(H,34,35)/t19-,24-,28+/m1/s1. The van der Waals surface area contributed by atoms with Gasteiger partial charge >= 0.3 is 6.16 Å². The number of methoxy groups -OCH3 is 1. The quantitative estimate of drug-likeness (QED) is 0.362. The van der Waals surface area contributed by atoms with Gasteiger partial charge in [0.25, 0.3) is 5.91 Å². The van der Waals surface area contributed by atoms with E-state index in [2.05, 4.69) is 35.7 Å². The first-order chi connectivity index (χ1) is 18.0. The number of amides is 1. The molecule has 2 aromatic heterocycles. The van der Waals surface area contributed by atoms with Crippen molar-refractivity contribution < 1.29 is 24.2 Å². The van der Waals surface area contributed by atoms with Crippen molar-refractivity contribution in [3.05, 3.63) is 70.2 Å². The SMILES string of the molecule is COc1cc(C(=O)N2[C@@H](c3cncs3)[C@@H](c3cnccn3)C[C@]2(CC(C)C)OC(=O)O)ccc1C(C)(C)C. The topological polar surface area (TPSA) is 115 Å². The molecule has 0 unspecified atom stereocenters. The van der Waals surface area contributed by atoms with E-state index in [1.54, 1.807) is 54.4 Å². The smallest absolute Gasteiger partial charge is 0.496 e. The summed E-state index contributed by atoms with van der Waals surface area (Å²) in [5, 5.41) is 9.89. The fourth-order valence-corrected chi connectivity index (χ4v) is 6.24. The Morgan fingerprint density at radius 1 is 1.21 bits per heavy atom. The van der Waals surface area contributed by atoms with Crippen LogP contribution in [0.4, 0.5) is 4.79 Å². The minimum Gasteiger partial charge on any atom is -0.496 e. The number of nitrogens with zero attached hydrogens (tertiary/aromatic N) is 4. The summed E-state index contributed by atoms with van der Waals surface area (Å²) in [6.45, 7) is 10.2. The first-order valence-electron chi connectivity index (χ1n) is 12.6. The van der Waals surface area contributed by atoms with Crippen molar-refractivity contribution in [2.45, 2.75) is 70.6 Å². The third-order valence-electron chi connectivity index (χ3n) is 6.82. The first-order valence-corrected chi connectivity index (χ1v) is 13.4. The number of ether oxygens (including phenoxy) is 2.